The van der Waals surface area contributed by atoms with Crippen LogP contribution in [0.3, 0.4) is 0 Å². The summed E-state index contributed by atoms with van der Waals surface area (Å²) >= 11 is 0. The molecule has 2 atom stereocenters. The van der Waals surface area contributed by atoms with Gasteiger partial charge < -0.3 is 0 Å². The van der Waals surface area contributed by atoms with Crippen molar-refractivity contribution in [2.45, 2.75) is 64.7 Å². The van der Waals surface area contributed by atoms with Crippen molar-refractivity contribution in [3.63, 3.8) is 0 Å². The SMILES string of the molecule is C=CC(C/C=C/C)CC/C=C/CC/C=C/CC(CC)c1ccccc1. The molecule has 0 heteroatoms. The molecule has 0 amide bonds. The number of unbranched alkanes of at least 4 members (excludes halogenated alkanes) is 1. The molecule has 2 unspecified atom stereocenters. The molecule has 0 spiro atoms. The molecular formula is C25H36. The Bertz CT molecular complexity index is 518. The second-order valence-corrected chi connectivity index (χ2v) is 6.65. The predicted octanol–water partition coefficient (Wildman–Crippen LogP) is 8.01. The summed E-state index contributed by atoms with van der Waals surface area (Å²) in [5.41, 5.74) is 1.46. The summed E-state index contributed by atoms with van der Waals surface area (Å²) in [4.78, 5) is 0. The van der Waals surface area contributed by atoms with Gasteiger partial charge in [0.25, 0.3) is 0 Å². The van der Waals surface area contributed by atoms with Crippen LogP contribution >= 0.6 is 0 Å². The summed E-state index contributed by atoms with van der Waals surface area (Å²) in [6.07, 6.45) is 23.9. The van der Waals surface area contributed by atoms with Crippen molar-refractivity contribution < 1.29 is 0 Å². The average molecular weight is 337 g/mol. The van der Waals surface area contributed by atoms with Crippen LogP contribution in [0.25, 0.3) is 0 Å². The highest BCUT2D eigenvalue weighted by atomic mass is 14.1. The van der Waals surface area contributed by atoms with Gasteiger partial charge >= 0.3 is 0 Å². The molecule has 0 N–H and O–H groups in total. The van der Waals surface area contributed by atoms with Gasteiger partial charge in [-0.1, -0.05) is 79.8 Å². The van der Waals surface area contributed by atoms with Crippen molar-refractivity contribution in [3.05, 3.63) is 85.0 Å². The van der Waals surface area contributed by atoms with E-state index >= 15 is 0 Å². The second-order valence-electron chi connectivity index (χ2n) is 6.65. The first-order valence-electron chi connectivity index (χ1n) is 9.90. The van der Waals surface area contributed by atoms with E-state index in [1.165, 1.54) is 18.4 Å². The van der Waals surface area contributed by atoms with Crippen LogP contribution in [0.5, 0.6) is 0 Å². The third kappa shape index (κ3) is 9.92. The number of hydrogen-bond donors (Lipinski definition) is 0. The zero-order valence-corrected chi connectivity index (χ0v) is 16.2. The van der Waals surface area contributed by atoms with Gasteiger partial charge in [-0.25, -0.2) is 0 Å². The molecule has 0 saturated carbocycles. The molecular weight excluding hydrogens is 300 g/mol. The molecule has 1 rings (SSSR count). The van der Waals surface area contributed by atoms with Crippen LogP contribution in [0.2, 0.25) is 0 Å². The summed E-state index contributed by atoms with van der Waals surface area (Å²) in [5.74, 6) is 1.27. The van der Waals surface area contributed by atoms with Crippen LogP contribution in [0.1, 0.15) is 70.3 Å². The topological polar surface area (TPSA) is 0 Å². The van der Waals surface area contributed by atoms with Crippen LogP contribution in [0.4, 0.5) is 0 Å². The summed E-state index contributed by atoms with van der Waals surface area (Å²) in [7, 11) is 0. The van der Waals surface area contributed by atoms with Crippen molar-refractivity contribution in [3.8, 4) is 0 Å². The average Bonchev–Trinajstić information content (AvgIpc) is 2.66. The maximum absolute atomic E-state index is 3.94. The lowest BCUT2D eigenvalue weighted by Gasteiger charge is -2.12. The molecule has 0 bridgehead atoms. The molecule has 1 aromatic carbocycles. The highest BCUT2D eigenvalue weighted by Gasteiger charge is 2.05. The lowest BCUT2D eigenvalue weighted by Crippen LogP contribution is -1.94. The Balaban J connectivity index is 2.17. The van der Waals surface area contributed by atoms with Crippen LogP contribution < -0.4 is 0 Å². The van der Waals surface area contributed by atoms with Gasteiger partial charge in [0.2, 0.25) is 0 Å². The van der Waals surface area contributed by atoms with Crippen LogP contribution in [0, 0.1) is 5.92 Å². The highest BCUT2D eigenvalue weighted by Crippen LogP contribution is 2.23. The molecule has 136 valence electrons. The molecule has 0 aliphatic carbocycles. The van der Waals surface area contributed by atoms with Gasteiger partial charge in [-0.15, -0.1) is 6.58 Å². The molecule has 1 aromatic rings. The summed E-state index contributed by atoms with van der Waals surface area (Å²) in [6, 6.07) is 10.9. The smallest absolute Gasteiger partial charge is 0.0130 e. The molecule has 0 aliphatic heterocycles. The first-order chi connectivity index (χ1) is 12.3. The van der Waals surface area contributed by atoms with Gasteiger partial charge in [0.05, 0.1) is 0 Å². The third-order valence-corrected chi connectivity index (χ3v) is 4.73. The quantitative estimate of drug-likeness (QED) is 0.253. The monoisotopic (exact) mass is 336 g/mol. The maximum Gasteiger partial charge on any atom is -0.0130 e. The Kier molecular flexibility index (Phi) is 12.3. The van der Waals surface area contributed by atoms with E-state index in [2.05, 4.69) is 93.3 Å². The van der Waals surface area contributed by atoms with Crippen molar-refractivity contribution in [1.29, 1.82) is 0 Å². The fourth-order valence-corrected chi connectivity index (χ4v) is 3.02. The Labute approximate surface area is 156 Å². The number of hydrogen-bond acceptors (Lipinski definition) is 0. The van der Waals surface area contributed by atoms with Gasteiger partial charge in [0.15, 0.2) is 0 Å². The Morgan fingerprint density at radius 3 is 2.20 bits per heavy atom. The highest BCUT2D eigenvalue weighted by molar-refractivity contribution is 5.20. The van der Waals surface area contributed by atoms with E-state index in [0.717, 1.165) is 32.1 Å². The number of rotatable bonds is 13. The second kappa shape index (κ2) is 14.5. The first-order valence-corrected chi connectivity index (χ1v) is 9.90. The van der Waals surface area contributed by atoms with Crippen LogP contribution in [-0.2, 0) is 0 Å². The minimum Gasteiger partial charge on any atom is -0.103 e. The Hall–Kier alpha value is -1.82. The minimum atomic E-state index is 0.615. The lowest BCUT2D eigenvalue weighted by atomic mass is 9.93. The fourth-order valence-electron chi connectivity index (χ4n) is 3.02. The standard InChI is InChI=1S/C25H36/c1-4-7-18-23(5-2)19-14-11-9-8-10-12-15-20-24(6-3)25-21-16-13-17-22-25/h4-5,7,9,11-13,15-17,21-24H,2,6,8,10,14,18-20H2,1,3H3/b7-4+,11-9+,15-12+. The first kappa shape index (κ1) is 21.2. The van der Waals surface area contributed by atoms with Crippen molar-refractivity contribution in [1.82, 2.24) is 0 Å². The van der Waals surface area contributed by atoms with E-state index in [1.807, 2.05) is 0 Å². The van der Waals surface area contributed by atoms with Crippen LogP contribution in [-0.4, -0.2) is 0 Å². The molecule has 0 fully saturated rings. The van der Waals surface area contributed by atoms with E-state index in [-0.39, 0.29) is 0 Å². The molecule has 0 radical (unpaired) electrons. The van der Waals surface area contributed by atoms with Crippen molar-refractivity contribution >= 4 is 0 Å². The molecule has 0 aromatic heterocycles. The Morgan fingerprint density at radius 2 is 1.56 bits per heavy atom. The van der Waals surface area contributed by atoms with Gasteiger partial charge in [0, 0.05) is 0 Å². The third-order valence-electron chi connectivity index (χ3n) is 4.73. The maximum atomic E-state index is 3.94. The molecule has 0 saturated heterocycles. The van der Waals surface area contributed by atoms with E-state index in [4.69, 9.17) is 0 Å². The number of benzene rings is 1. The van der Waals surface area contributed by atoms with Crippen LogP contribution in [0.15, 0.2) is 79.4 Å². The number of allylic oxidation sites excluding steroid dienone is 7. The lowest BCUT2D eigenvalue weighted by molar-refractivity contribution is 0.607. The van der Waals surface area contributed by atoms with Gasteiger partial charge in [-0.2, -0.15) is 0 Å². The van der Waals surface area contributed by atoms with Crippen molar-refractivity contribution in [2.24, 2.45) is 5.92 Å². The largest absolute Gasteiger partial charge is 0.103 e. The van der Waals surface area contributed by atoms with Gasteiger partial charge in [-0.3, -0.25) is 0 Å². The summed E-state index contributed by atoms with van der Waals surface area (Å²) in [6.45, 7) is 8.30. The molecule has 0 heterocycles. The fraction of sp³-hybridized carbons (Fsp3) is 0.440. The minimum absolute atomic E-state index is 0.615. The van der Waals surface area contributed by atoms with E-state index in [1.54, 1.807) is 0 Å². The molecule has 25 heavy (non-hydrogen) atoms. The van der Waals surface area contributed by atoms with E-state index in [0.29, 0.717) is 11.8 Å². The summed E-state index contributed by atoms with van der Waals surface area (Å²) < 4.78 is 0. The van der Waals surface area contributed by atoms with E-state index < -0.39 is 0 Å². The van der Waals surface area contributed by atoms with Crippen molar-refractivity contribution in [2.75, 3.05) is 0 Å². The summed E-state index contributed by atoms with van der Waals surface area (Å²) in [5, 5.41) is 0. The predicted molar refractivity (Wildman–Crippen MR) is 114 cm³/mol. The van der Waals surface area contributed by atoms with Gasteiger partial charge in [0.1, 0.15) is 0 Å². The zero-order valence-electron chi connectivity index (χ0n) is 16.2. The zero-order chi connectivity index (χ0) is 18.2. The molecule has 0 nitrogen and oxygen atoms in total. The van der Waals surface area contributed by atoms with Gasteiger partial charge in [-0.05, 0) is 69.3 Å². The van der Waals surface area contributed by atoms with E-state index in [9.17, 15) is 0 Å². The Morgan fingerprint density at radius 1 is 0.880 bits per heavy atom. The molecule has 0 aliphatic rings. The normalized spacial score (nSPS) is 14.5.